The van der Waals surface area contributed by atoms with Crippen LogP contribution in [0.3, 0.4) is 0 Å². The van der Waals surface area contributed by atoms with E-state index in [-0.39, 0.29) is 20.8 Å². The van der Waals surface area contributed by atoms with Gasteiger partial charge in [-0.1, -0.05) is 0 Å². The molecule has 0 aliphatic heterocycles. The van der Waals surface area contributed by atoms with E-state index in [0.717, 1.165) is 7.14 Å². The van der Waals surface area contributed by atoms with Gasteiger partial charge in [-0.25, -0.2) is 0 Å². The van der Waals surface area contributed by atoms with Crippen molar-refractivity contribution in [3.05, 3.63) is 67.8 Å². The summed E-state index contributed by atoms with van der Waals surface area (Å²) in [6, 6.07) is 18.8. The number of halogens is 4. The normalized spacial score (nSPS) is 11.4. The summed E-state index contributed by atoms with van der Waals surface area (Å²) in [7, 11) is 0. The first-order valence-electron chi connectivity index (χ1n) is 6.87. The van der Waals surface area contributed by atoms with Crippen LogP contribution in [0, 0.1) is 7.14 Å². The van der Waals surface area contributed by atoms with Crippen molar-refractivity contribution in [2.75, 3.05) is 8.86 Å². The van der Waals surface area contributed by atoms with Crippen LogP contribution in [0.1, 0.15) is 0 Å². The summed E-state index contributed by atoms with van der Waals surface area (Å²) >= 11 is -1.56. The molecule has 0 amide bonds. The van der Waals surface area contributed by atoms with E-state index in [4.69, 9.17) is 7.53 Å². The molecule has 0 saturated carbocycles. The zero-order valence-corrected chi connectivity index (χ0v) is 21.4. The van der Waals surface area contributed by atoms with Crippen molar-refractivity contribution < 1.29 is 17.1 Å². The van der Waals surface area contributed by atoms with Gasteiger partial charge in [-0.2, -0.15) is 0 Å². The first-order chi connectivity index (χ1) is 12.1. The summed E-state index contributed by atoms with van der Waals surface area (Å²) in [5.74, 6) is -0.641. The molecular weight excluding hydrogens is 780 g/mol. The summed E-state index contributed by atoms with van der Waals surface area (Å²) in [5.41, 5.74) is 0. The molecule has 0 fully saturated rings. The fraction of sp³-hybridized carbons (Fsp3) is 0.125. The molecule has 0 spiro atoms. The van der Waals surface area contributed by atoms with Crippen molar-refractivity contribution in [3.8, 4) is 0 Å². The van der Waals surface area contributed by atoms with Gasteiger partial charge in [0.15, 0.2) is 0 Å². The molecule has 0 saturated heterocycles. The molecule has 0 bridgehead atoms. The molecule has 2 rings (SSSR count). The van der Waals surface area contributed by atoms with Crippen LogP contribution in [0.4, 0.5) is 0 Å². The van der Waals surface area contributed by atoms with Crippen LogP contribution < -0.4 is 0 Å². The summed E-state index contributed by atoms with van der Waals surface area (Å²) in [6.45, 7) is 0. The summed E-state index contributed by atoms with van der Waals surface area (Å²) in [4.78, 5) is 23.7. The van der Waals surface area contributed by atoms with Crippen molar-refractivity contribution in [2.45, 2.75) is 0 Å². The van der Waals surface area contributed by atoms with Crippen LogP contribution in [-0.2, 0) is 17.1 Å². The van der Waals surface area contributed by atoms with E-state index in [0.29, 0.717) is 0 Å². The van der Waals surface area contributed by atoms with Crippen LogP contribution in [0.25, 0.3) is 0 Å². The number of carbonyl (C=O) groups excluding carboxylic acids is 2. The van der Waals surface area contributed by atoms with Gasteiger partial charge in [-0.15, -0.1) is 0 Å². The minimum atomic E-state index is -2.74. The van der Waals surface area contributed by atoms with Crippen molar-refractivity contribution in [1.29, 1.82) is 0 Å². The Balaban J connectivity index is 2.27. The topological polar surface area (TPSA) is 61.8 Å². The Bertz CT molecular complexity index is 624. The average Bonchev–Trinajstić information content (AvgIpc) is 2.67. The first kappa shape index (κ1) is 21.6. The molecule has 0 aromatic heterocycles. The van der Waals surface area contributed by atoms with Gasteiger partial charge < -0.3 is 0 Å². The monoisotopic (exact) mass is 794 g/mol. The standard InChI is InChI=1S/C16H14I4O5/c17-11-15(21)23-19(13-7-3-1-4-8-13)25-20(24-16(22)12-18)14-9-5-2-6-10-14/h1-10H,11-12H2. The third-order valence-corrected chi connectivity index (χ3v) is 13.6. The molecule has 0 aliphatic rings. The van der Waals surface area contributed by atoms with Gasteiger partial charge in [-0.05, 0) is 0 Å². The molecule has 5 nitrogen and oxygen atoms in total. The zero-order valence-electron chi connectivity index (χ0n) is 12.7. The van der Waals surface area contributed by atoms with E-state index >= 15 is 0 Å². The van der Waals surface area contributed by atoms with Crippen LogP contribution >= 0.6 is 86.5 Å². The van der Waals surface area contributed by atoms with Gasteiger partial charge in [-0.3, -0.25) is 0 Å². The SMILES string of the molecule is O=C(CI)OI(OI(OC(=O)CI)c1ccccc1)c1ccccc1. The molecule has 0 atom stereocenters. The van der Waals surface area contributed by atoms with Gasteiger partial charge in [0.05, 0.1) is 0 Å². The molecule has 2 aromatic rings. The van der Waals surface area contributed by atoms with Crippen LogP contribution in [0.15, 0.2) is 60.7 Å². The zero-order chi connectivity index (χ0) is 18.1. The number of alkyl halides is 2. The molecule has 9 heteroatoms. The van der Waals surface area contributed by atoms with Gasteiger partial charge in [0, 0.05) is 0 Å². The maximum absolute atomic E-state index is 11.8. The fourth-order valence-electron chi connectivity index (χ4n) is 1.46. The molecule has 2 aromatic carbocycles. The number of hydrogen-bond acceptors (Lipinski definition) is 5. The Morgan fingerprint density at radius 1 is 0.720 bits per heavy atom. The molecule has 136 valence electrons. The van der Waals surface area contributed by atoms with E-state index in [1.165, 1.54) is 0 Å². The average molecular weight is 794 g/mol. The molecular formula is C16H14I4O5. The molecule has 25 heavy (non-hydrogen) atoms. The predicted octanol–water partition coefficient (Wildman–Crippen LogP) is 5.37. The van der Waals surface area contributed by atoms with Crippen molar-refractivity contribution >= 4 is 98.4 Å². The van der Waals surface area contributed by atoms with Gasteiger partial charge in [0.25, 0.3) is 0 Å². The summed E-state index contributed by atoms with van der Waals surface area (Å²) in [5, 5.41) is 0. The molecule has 0 heterocycles. The van der Waals surface area contributed by atoms with Crippen LogP contribution in [0.2, 0.25) is 0 Å². The van der Waals surface area contributed by atoms with Gasteiger partial charge in [0.2, 0.25) is 0 Å². The van der Waals surface area contributed by atoms with Gasteiger partial charge in [0.1, 0.15) is 0 Å². The third kappa shape index (κ3) is 7.42. The summed E-state index contributed by atoms with van der Waals surface area (Å²) < 4.78 is 19.6. The summed E-state index contributed by atoms with van der Waals surface area (Å²) in [6.07, 6.45) is 0. The fourth-order valence-corrected chi connectivity index (χ4v) is 12.8. The number of carbonyl (C=O) groups is 2. The number of benzene rings is 2. The number of hydrogen-bond donors (Lipinski definition) is 0. The van der Waals surface area contributed by atoms with E-state index in [1.807, 2.05) is 106 Å². The Kier molecular flexibility index (Phi) is 10.2. The molecule has 0 aliphatic carbocycles. The van der Waals surface area contributed by atoms with Crippen molar-refractivity contribution in [3.63, 3.8) is 0 Å². The van der Waals surface area contributed by atoms with Gasteiger partial charge >= 0.3 is 192 Å². The Labute approximate surface area is 189 Å². The Morgan fingerprint density at radius 3 is 1.40 bits per heavy atom. The second kappa shape index (κ2) is 11.9. The molecule has 0 unspecified atom stereocenters. The predicted molar refractivity (Wildman–Crippen MR) is 129 cm³/mol. The second-order valence-corrected chi connectivity index (χ2v) is 14.2. The number of rotatable bonds is 8. The van der Waals surface area contributed by atoms with E-state index < -0.39 is 41.3 Å². The molecule has 0 N–H and O–H groups in total. The van der Waals surface area contributed by atoms with Crippen LogP contribution in [-0.4, -0.2) is 20.8 Å². The maximum atomic E-state index is 11.8. The van der Waals surface area contributed by atoms with Crippen molar-refractivity contribution in [2.24, 2.45) is 0 Å². The van der Waals surface area contributed by atoms with E-state index in [1.54, 1.807) is 0 Å². The van der Waals surface area contributed by atoms with E-state index in [2.05, 4.69) is 0 Å². The quantitative estimate of drug-likeness (QED) is 0.266. The second-order valence-electron chi connectivity index (χ2n) is 4.25. The third-order valence-electron chi connectivity index (χ3n) is 2.46. The van der Waals surface area contributed by atoms with E-state index in [9.17, 15) is 9.59 Å². The Hall–Kier alpha value is 0.260. The first-order valence-corrected chi connectivity index (χ1v) is 15.6. The molecule has 0 radical (unpaired) electrons. The minimum absolute atomic E-state index is 0.245. The van der Waals surface area contributed by atoms with Crippen LogP contribution in [0.5, 0.6) is 0 Å². The Morgan fingerprint density at radius 2 is 1.08 bits per heavy atom. The van der Waals surface area contributed by atoms with Crippen molar-refractivity contribution in [1.82, 2.24) is 0 Å².